The van der Waals surface area contributed by atoms with Crippen molar-refractivity contribution in [1.82, 2.24) is 9.88 Å². The quantitative estimate of drug-likeness (QED) is 0.754. The number of rotatable bonds is 9. The van der Waals surface area contributed by atoms with Crippen LogP contribution in [0.2, 0.25) is 0 Å². The first-order valence-corrected chi connectivity index (χ1v) is 7.57. The van der Waals surface area contributed by atoms with Gasteiger partial charge in [0, 0.05) is 26.3 Å². The highest BCUT2D eigenvalue weighted by molar-refractivity contribution is 5.81. The minimum atomic E-state index is -0.885. The van der Waals surface area contributed by atoms with Crippen molar-refractivity contribution in [3.05, 3.63) is 23.9 Å². The Morgan fingerprint density at radius 3 is 2.55 bits per heavy atom. The van der Waals surface area contributed by atoms with E-state index in [4.69, 9.17) is 5.11 Å². The van der Waals surface area contributed by atoms with E-state index < -0.39 is 5.97 Å². The van der Waals surface area contributed by atoms with E-state index in [1.807, 2.05) is 19.1 Å². The van der Waals surface area contributed by atoms with E-state index in [9.17, 15) is 9.59 Å². The summed E-state index contributed by atoms with van der Waals surface area (Å²) in [5, 5.41) is 8.87. The molecule has 1 aromatic rings. The smallest absolute Gasteiger partial charge is 0.305 e. The van der Waals surface area contributed by atoms with Crippen molar-refractivity contribution in [3.8, 4) is 0 Å². The number of carbonyl (C=O) groups is 2. The maximum absolute atomic E-state index is 12.3. The van der Waals surface area contributed by atoms with Gasteiger partial charge in [-0.15, -0.1) is 0 Å². The topological polar surface area (TPSA) is 73.7 Å². The van der Waals surface area contributed by atoms with E-state index in [1.54, 1.807) is 23.0 Å². The Bertz CT molecular complexity index is 488. The maximum Gasteiger partial charge on any atom is 0.305 e. The van der Waals surface area contributed by atoms with Crippen LogP contribution in [0.25, 0.3) is 0 Å². The molecule has 0 bridgehead atoms. The van der Waals surface area contributed by atoms with E-state index >= 15 is 0 Å². The molecule has 0 saturated carbocycles. The molecular formula is C16H25N3O3. The minimum Gasteiger partial charge on any atom is -0.481 e. The standard InChI is InChI=1S/C16H25N3O3/c1-4-5-9-18(3)15(20)12-19(10-8-16(21)22)14-7-6-13(2)11-17-14/h6-7,11H,4-5,8-10,12H2,1-3H3,(H,21,22). The lowest BCUT2D eigenvalue weighted by molar-refractivity contribution is -0.137. The molecule has 22 heavy (non-hydrogen) atoms. The average molecular weight is 307 g/mol. The summed E-state index contributed by atoms with van der Waals surface area (Å²) in [6.07, 6.45) is 3.68. The zero-order chi connectivity index (χ0) is 16.5. The summed E-state index contributed by atoms with van der Waals surface area (Å²) >= 11 is 0. The number of hydrogen-bond acceptors (Lipinski definition) is 4. The highest BCUT2D eigenvalue weighted by Gasteiger charge is 2.16. The molecular weight excluding hydrogens is 282 g/mol. The Balaban J connectivity index is 2.75. The molecule has 122 valence electrons. The molecule has 1 amide bonds. The third-order valence-corrected chi connectivity index (χ3v) is 3.41. The number of likely N-dealkylation sites (N-methyl/N-ethyl adjacent to an activating group) is 1. The molecule has 0 fully saturated rings. The summed E-state index contributed by atoms with van der Waals surface area (Å²) in [6, 6.07) is 3.72. The lowest BCUT2D eigenvalue weighted by Gasteiger charge is -2.25. The summed E-state index contributed by atoms with van der Waals surface area (Å²) in [5.74, 6) is -0.283. The summed E-state index contributed by atoms with van der Waals surface area (Å²) in [7, 11) is 1.77. The SMILES string of the molecule is CCCCN(C)C(=O)CN(CCC(=O)O)c1ccc(C)cn1. The van der Waals surface area contributed by atoms with Gasteiger partial charge < -0.3 is 14.9 Å². The second-order valence-corrected chi connectivity index (χ2v) is 5.43. The monoisotopic (exact) mass is 307 g/mol. The van der Waals surface area contributed by atoms with Gasteiger partial charge in [0.1, 0.15) is 5.82 Å². The lowest BCUT2D eigenvalue weighted by Crippen LogP contribution is -2.40. The van der Waals surface area contributed by atoms with Crippen molar-refractivity contribution in [2.45, 2.75) is 33.1 Å². The van der Waals surface area contributed by atoms with Crippen molar-refractivity contribution >= 4 is 17.7 Å². The molecule has 0 aliphatic heterocycles. The van der Waals surface area contributed by atoms with Crippen LogP contribution in [0.1, 0.15) is 31.7 Å². The van der Waals surface area contributed by atoms with Crippen LogP contribution in [0.5, 0.6) is 0 Å². The van der Waals surface area contributed by atoms with Crippen molar-refractivity contribution in [2.75, 3.05) is 31.6 Å². The number of nitrogens with zero attached hydrogens (tertiary/aromatic N) is 3. The van der Waals surface area contributed by atoms with E-state index in [0.717, 1.165) is 18.4 Å². The number of unbranched alkanes of at least 4 members (excludes halogenated alkanes) is 1. The van der Waals surface area contributed by atoms with Crippen LogP contribution in [-0.4, -0.2) is 53.5 Å². The predicted octanol–water partition coefficient (Wildman–Crippen LogP) is 1.93. The molecule has 0 aromatic carbocycles. The molecule has 0 unspecified atom stereocenters. The minimum absolute atomic E-state index is 0.0263. The fourth-order valence-electron chi connectivity index (χ4n) is 1.96. The van der Waals surface area contributed by atoms with Gasteiger partial charge >= 0.3 is 5.97 Å². The molecule has 0 aliphatic rings. The van der Waals surface area contributed by atoms with E-state index in [2.05, 4.69) is 11.9 Å². The first-order valence-electron chi connectivity index (χ1n) is 7.57. The Kier molecular flexibility index (Phi) is 7.36. The highest BCUT2D eigenvalue weighted by atomic mass is 16.4. The number of amides is 1. The summed E-state index contributed by atoms with van der Waals surface area (Å²) < 4.78 is 0. The van der Waals surface area contributed by atoms with Crippen LogP contribution in [-0.2, 0) is 9.59 Å². The number of aromatic nitrogens is 1. The summed E-state index contributed by atoms with van der Waals surface area (Å²) in [6.45, 7) is 5.13. The zero-order valence-electron chi connectivity index (χ0n) is 13.6. The molecule has 1 N–H and O–H groups in total. The summed E-state index contributed by atoms with van der Waals surface area (Å²) in [4.78, 5) is 30.8. The van der Waals surface area contributed by atoms with Crippen LogP contribution >= 0.6 is 0 Å². The number of carbonyl (C=O) groups excluding carboxylic acids is 1. The third-order valence-electron chi connectivity index (χ3n) is 3.41. The first kappa shape index (κ1) is 17.9. The summed E-state index contributed by atoms with van der Waals surface area (Å²) in [5.41, 5.74) is 1.02. The fourth-order valence-corrected chi connectivity index (χ4v) is 1.96. The molecule has 0 aliphatic carbocycles. The number of carboxylic acids is 1. The van der Waals surface area contributed by atoms with Gasteiger partial charge in [-0.25, -0.2) is 4.98 Å². The largest absolute Gasteiger partial charge is 0.481 e. The van der Waals surface area contributed by atoms with Crippen molar-refractivity contribution in [1.29, 1.82) is 0 Å². The second kappa shape index (κ2) is 9.02. The van der Waals surface area contributed by atoms with Gasteiger partial charge in [-0.05, 0) is 25.0 Å². The molecule has 0 radical (unpaired) electrons. The Hall–Kier alpha value is -2.11. The first-order chi connectivity index (χ1) is 10.4. The number of hydrogen-bond donors (Lipinski definition) is 1. The molecule has 1 rings (SSSR count). The predicted molar refractivity (Wildman–Crippen MR) is 86.0 cm³/mol. The number of aryl methyl sites for hydroxylation is 1. The Labute approximate surface area is 131 Å². The molecule has 1 aromatic heterocycles. The number of aliphatic carboxylic acids is 1. The normalized spacial score (nSPS) is 10.3. The number of carboxylic acid groups (broad SMARTS) is 1. The van der Waals surface area contributed by atoms with E-state index in [-0.39, 0.29) is 25.4 Å². The maximum atomic E-state index is 12.3. The zero-order valence-corrected chi connectivity index (χ0v) is 13.6. The molecule has 1 heterocycles. The van der Waals surface area contributed by atoms with Gasteiger partial charge in [0.05, 0.1) is 13.0 Å². The van der Waals surface area contributed by atoms with E-state index in [0.29, 0.717) is 12.4 Å². The van der Waals surface area contributed by atoms with Gasteiger partial charge in [0.2, 0.25) is 5.91 Å². The average Bonchev–Trinajstić information content (AvgIpc) is 2.49. The van der Waals surface area contributed by atoms with Gasteiger partial charge in [-0.3, -0.25) is 9.59 Å². The van der Waals surface area contributed by atoms with Crippen LogP contribution in [0.4, 0.5) is 5.82 Å². The van der Waals surface area contributed by atoms with Crippen LogP contribution in [0.3, 0.4) is 0 Å². The lowest BCUT2D eigenvalue weighted by atomic mass is 10.3. The van der Waals surface area contributed by atoms with Crippen LogP contribution in [0, 0.1) is 6.92 Å². The highest BCUT2D eigenvalue weighted by Crippen LogP contribution is 2.12. The van der Waals surface area contributed by atoms with Gasteiger partial charge in [-0.2, -0.15) is 0 Å². The van der Waals surface area contributed by atoms with E-state index in [1.165, 1.54) is 0 Å². The number of pyridine rings is 1. The Morgan fingerprint density at radius 2 is 2.00 bits per heavy atom. The fraction of sp³-hybridized carbons (Fsp3) is 0.562. The molecule has 0 spiro atoms. The third kappa shape index (κ3) is 6.11. The van der Waals surface area contributed by atoms with Gasteiger partial charge in [-0.1, -0.05) is 19.4 Å². The van der Waals surface area contributed by atoms with Crippen molar-refractivity contribution in [3.63, 3.8) is 0 Å². The van der Waals surface area contributed by atoms with Crippen molar-refractivity contribution < 1.29 is 14.7 Å². The molecule has 0 saturated heterocycles. The van der Waals surface area contributed by atoms with Crippen molar-refractivity contribution in [2.24, 2.45) is 0 Å². The number of anilines is 1. The van der Waals surface area contributed by atoms with Crippen LogP contribution < -0.4 is 4.90 Å². The Morgan fingerprint density at radius 1 is 1.27 bits per heavy atom. The van der Waals surface area contributed by atoms with Gasteiger partial charge in [0.15, 0.2) is 0 Å². The second-order valence-electron chi connectivity index (χ2n) is 5.43. The molecule has 0 atom stereocenters. The van der Waals surface area contributed by atoms with Crippen LogP contribution in [0.15, 0.2) is 18.3 Å². The molecule has 6 nitrogen and oxygen atoms in total. The molecule has 6 heteroatoms. The van der Waals surface area contributed by atoms with Gasteiger partial charge in [0.25, 0.3) is 0 Å².